The largest absolute Gasteiger partial charge is 0.439 e. The molecule has 2 aromatic heterocycles. The molecule has 4 nitrogen and oxygen atoms in total. The molecular weight excluding hydrogens is 202 g/mol. The summed E-state index contributed by atoms with van der Waals surface area (Å²) in [7, 11) is 0. The maximum Gasteiger partial charge on any atom is 0.199 e. The molecule has 0 radical (unpaired) electrons. The SMILES string of the molecule is Cc1ccc2oc(CCCCCN)nc2n1. The highest BCUT2D eigenvalue weighted by Gasteiger charge is 2.06. The lowest BCUT2D eigenvalue weighted by Gasteiger charge is -1.94. The van der Waals surface area contributed by atoms with E-state index in [1.807, 2.05) is 19.1 Å². The number of fused-ring (bicyclic) bond motifs is 1. The summed E-state index contributed by atoms with van der Waals surface area (Å²) in [4.78, 5) is 8.68. The van der Waals surface area contributed by atoms with Gasteiger partial charge in [-0.15, -0.1) is 0 Å². The second-order valence-electron chi connectivity index (χ2n) is 3.98. The van der Waals surface area contributed by atoms with Crippen LogP contribution >= 0.6 is 0 Å². The minimum Gasteiger partial charge on any atom is -0.439 e. The molecule has 0 atom stereocenters. The monoisotopic (exact) mass is 219 g/mol. The summed E-state index contributed by atoms with van der Waals surface area (Å²) in [6.45, 7) is 2.71. The third kappa shape index (κ3) is 2.58. The molecule has 0 amide bonds. The van der Waals surface area contributed by atoms with Gasteiger partial charge in [-0.05, 0) is 38.4 Å². The highest BCUT2D eigenvalue weighted by atomic mass is 16.3. The predicted octanol–water partition coefficient (Wildman–Crippen LogP) is 2.20. The summed E-state index contributed by atoms with van der Waals surface area (Å²) >= 11 is 0. The molecule has 0 unspecified atom stereocenters. The van der Waals surface area contributed by atoms with Gasteiger partial charge in [-0.2, -0.15) is 4.98 Å². The van der Waals surface area contributed by atoms with Crippen molar-refractivity contribution in [2.45, 2.75) is 32.6 Å². The van der Waals surface area contributed by atoms with Crippen LogP contribution in [0.15, 0.2) is 16.5 Å². The van der Waals surface area contributed by atoms with Gasteiger partial charge in [0.1, 0.15) is 0 Å². The van der Waals surface area contributed by atoms with Gasteiger partial charge in [-0.25, -0.2) is 4.98 Å². The summed E-state index contributed by atoms with van der Waals surface area (Å²) in [5, 5.41) is 0. The summed E-state index contributed by atoms with van der Waals surface area (Å²) in [6, 6.07) is 3.86. The molecule has 2 N–H and O–H groups in total. The van der Waals surface area contributed by atoms with Crippen molar-refractivity contribution in [3.8, 4) is 0 Å². The van der Waals surface area contributed by atoms with Gasteiger partial charge in [0.25, 0.3) is 0 Å². The van der Waals surface area contributed by atoms with Crippen LogP contribution in [-0.2, 0) is 6.42 Å². The van der Waals surface area contributed by atoms with Gasteiger partial charge in [0.05, 0.1) is 0 Å². The molecule has 2 aromatic rings. The summed E-state index contributed by atoms with van der Waals surface area (Å²) in [5.74, 6) is 0.783. The molecule has 0 aliphatic rings. The Morgan fingerprint density at radius 1 is 1.19 bits per heavy atom. The normalized spacial score (nSPS) is 11.1. The predicted molar refractivity (Wildman–Crippen MR) is 63.2 cm³/mol. The van der Waals surface area contributed by atoms with Crippen molar-refractivity contribution in [3.63, 3.8) is 0 Å². The van der Waals surface area contributed by atoms with Crippen molar-refractivity contribution in [3.05, 3.63) is 23.7 Å². The Balaban J connectivity index is 2.02. The standard InChI is InChI=1S/C12H17N3O/c1-9-6-7-10-12(14-9)15-11(16-10)5-3-2-4-8-13/h6-7H,2-5,8,13H2,1H3. The lowest BCUT2D eigenvalue weighted by Crippen LogP contribution is -1.98. The minimum absolute atomic E-state index is 0.717. The highest BCUT2D eigenvalue weighted by Crippen LogP contribution is 2.15. The molecule has 4 heteroatoms. The Hall–Kier alpha value is -1.42. The van der Waals surface area contributed by atoms with Crippen molar-refractivity contribution in [1.82, 2.24) is 9.97 Å². The van der Waals surface area contributed by atoms with Crippen LogP contribution in [0, 0.1) is 6.92 Å². The van der Waals surface area contributed by atoms with Gasteiger partial charge < -0.3 is 10.2 Å². The number of aryl methyl sites for hydroxylation is 2. The minimum atomic E-state index is 0.717. The first-order valence-corrected chi connectivity index (χ1v) is 5.73. The number of hydrogen-bond acceptors (Lipinski definition) is 4. The summed E-state index contributed by atoms with van der Waals surface area (Å²) in [5.41, 5.74) is 7.90. The van der Waals surface area contributed by atoms with Crippen LogP contribution < -0.4 is 5.73 Å². The Bertz CT molecular complexity index is 464. The van der Waals surface area contributed by atoms with E-state index in [9.17, 15) is 0 Å². The molecule has 16 heavy (non-hydrogen) atoms. The lowest BCUT2D eigenvalue weighted by molar-refractivity contribution is 0.511. The number of rotatable bonds is 5. The van der Waals surface area contributed by atoms with E-state index >= 15 is 0 Å². The number of nitrogens with zero attached hydrogens (tertiary/aromatic N) is 2. The van der Waals surface area contributed by atoms with Crippen molar-refractivity contribution < 1.29 is 4.42 Å². The second kappa shape index (κ2) is 5.07. The number of hydrogen-bond donors (Lipinski definition) is 1. The Morgan fingerprint density at radius 3 is 2.88 bits per heavy atom. The van der Waals surface area contributed by atoms with Crippen LogP contribution in [0.4, 0.5) is 0 Å². The first-order chi connectivity index (χ1) is 7.79. The smallest absolute Gasteiger partial charge is 0.199 e. The van der Waals surface area contributed by atoms with Crippen molar-refractivity contribution in [1.29, 1.82) is 0 Å². The number of aromatic nitrogens is 2. The third-order valence-corrected chi connectivity index (χ3v) is 2.53. The molecule has 86 valence electrons. The summed E-state index contributed by atoms with van der Waals surface area (Å²) < 4.78 is 5.60. The maximum atomic E-state index is 5.60. The van der Waals surface area contributed by atoms with E-state index in [2.05, 4.69) is 9.97 Å². The number of oxazole rings is 1. The molecule has 0 fully saturated rings. The van der Waals surface area contributed by atoms with Crippen molar-refractivity contribution >= 4 is 11.2 Å². The van der Waals surface area contributed by atoms with Gasteiger partial charge in [-0.3, -0.25) is 0 Å². The van der Waals surface area contributed by atoms with Crippen molar-refractivity contribution in [2.75, 3.05) is 6.54 Å². The molecule has 0 saturated heterocycles. The van der Waals surface area contributed by atoms with E-state index < -0.39 is 0 Å². The molecule has 0 aliphatic heterocycles. The van der Waals surface area contributed by atoms with E-state index in [1.165, 1.54) is 0 Å². The molecule has 0 saturated carbocycles. The lowest BCUT2D eigenvalue weighted by atomic mass is 10.2. The van der Waals surface area contributed by atoms with Crippen LogP contribution in [0.25, 0.3) is 11.2 Å². The fourth-order valence-corrected chi connectivity index (χ4v) is 1.66. The quantitative estimate of drug-likeness (QED) is 0.783. The van der Waals surface area contributed by atoms with E-state index in [-0.39, 0.29) is 0 Å². The van der Waals surface area contributed by atoms with Gasteiger partial charge in [0.2, 0.25) is 0 Å². The fourth-order valence-electron chi connectivity index (χ4n) is 1.66. The fraction of sp³-hybridized carbons (Fsp3) is 0.500. The van der Waals surface area contributed by atoms with E-state index in [1.54, 1.807) is 0 Å². The van der Waals surface area contributed by atoms with E-state index in [4.69, 9.17) is 10.2 Å². The second-order valence-corrected chi connectivity index (χ2v) is 3.98. The first-order valence-electron chi connectivity index (χ1n) is 5.73. The Kier molecular flexibility index (Phi) is 3.51. The molecule has 0 aromatic carbocycles. The molecule has 0 bridgehead atoms. The molecule has 2 rings (SSSR count). The van der Waals surface area contributed by atoms with Crippen molar-refractivity contribution in [2.24, 2.45) is 5.73 Å². The van der Waals surface area contributed by atoms with Gasteiger partial charge >= 0.3 is 0 Å². The summed E-state index contributed by atoms with van der Waals surface area (Å²) in [6.07, 6.45) is 4.14. The first kappa shape index (κ1) is 11.1. The number of nitrogens with two attached hydrogens (primary N) is 1. The number of pyridine rings is 1. The average molecular weight is 219 g/mol. The average Bonchev–Trinajstić information content (AvgIpc) is 2.66. The molecule has 0 aliphatic carbocycles. The Labute approximate surface area is 94.9 Å². The Morgan fingerprint density at radius 2 is 2.06 bits per heavy atom. The zero-order valence-electron chi connectivity index (χ0n) is 9.57. The van der Waals surface area contributed by atoms with E-state index in [0.717, 1.165) is 49.4 Å². The van der Waals surface area contributed by atoms with Gasteiger partial charge in [-0.1, -0.05) is 6.42 Å². The van der Waals surface area contributed by atoms with Crippen LogP contribution in [-0.4, -0.2) is 16.5 Å². The van der Waals surface area contributed by atoms with E-state index in [0.29, 0.717) is 5.65 Å². The van der Waals surface area contributed by atoms with Gasteiger partial charge in [0.15, 0.2) is 17.1 Å². The van der Waals surface area contributed by atoms with Crippen LogP contribution in [0.2, 0.25) is 0 Å². The molecular formula is C12H17N3O. The number of unbranched alkanes of at least 4 members (excludes halogenated alkanes) is 2. The maximum absolute atomic E-state index is 5.60. The van der Waals surface area contributed by atoms with Crippen LogP contribution in [0.3, 0.4) is 0 Å². The third-order valence-electron chi connectivity index (χ3n) is 2.53. The molecule has 2 heterocycles. The zero-order valence-corrected chi connectivity index (χ0v) is 9.57. The topological polar surface area (TPSA) is 64.9 Å². The van der Waals surface area contributed by atoms with Gasteiger partial charge in [0, 0.05) is 12.1 Å². The van der Waals surface area contributed by atoms with Crippen LogP contribution in [0.5, 0.6) is 0 Å². The highest BCUT2D eigenvalue weighted by molar-refractivity contribution is 5.67. The zero-order chi connectivity index (χ0) is 11.4. The van der Waals surface area contributed by atoms with Crippen LogP contribution in [0.1, 0.15) is 30.8 Å². The molecule has 0 spiro atoms.